The molecule has 0 aliphatic heterocycles. The number of rotatable bonds is 15. The summed E-state index contributed by atoms with van der Waals surface area (Å²) in [5, 5.41) is 9.24. The highest BCUT2D eigenvalue weighted by Crippen LogP contribution is 2.23. The van der Waals surface area contributed by atoms with Crippen LogP contribution in [0.1, 0.15) is 91.9 Å². The molecular weight excluding hydrogens is 292 g/mol. The van der Waals surface area contributed by atoms with Gasteiger partial charge in [-0.25, -0.2) is 0 Å². The minimum atomic E-state index is -0.808. The van der Waals surface area contributed by atoms with E-state index in [4.69, 9.17) is 9.47 Å². The number of methoxy groups -OCH3 is 1. The Morgan fingerprint density at radius 3 is 1.91 bits per heavy atom. The zero-order valence-corrected chi connectivity index (χ0v) is 15.9. The van der Waals surface area contributed by atoms with Crippen molar-refractivity contribution in [3.8, 4) is 0 Å². The summed E-state index contributed by atoms with van der Waals surface area (Å²) in [6.45, 7) is 7.60. The van der Waals surface area contributed by atoms with Crippen molar-refractivity contribution in [3.63, 3.8) is 0 Å². The number of aliphatic carboxylic acids is 1. The molecule has 0 aromatic heterocycles. The van der Waals surface area contributed by atoms with Crippen molar-refractivity contribution in [3.05, 3.63) is 0 Å². The van der Waals surface area contributed by atoms with Crippen LogP contribution >= 0.6 is 0 Å². The van der Waals surface area contributed by atoms with E-state index in [1.807, 2.05) is 13.8 Å². The molecular formula is C19H38O4. The summed E-state index contributed by atoms with van der Waals surface area (Å²) >= 11 is 0. The Hall–Kier alpha value is -0.610. The summed E-state index contributed by atoms with van der Waals surface area (Å²) in [7, 11) is 1.58. The maximum absolute atomic E-state index is 11.3. The van der Waals surface area contributed by atoms with Gasteiger partial charge in [0.15, 0.2) is 5.79 Å². The van der Waals surface area contributed by atoms with E-state index in [0.29, 0.717) is 0 Å². The molecule has 1 N–H and O–H groups in total. The first kappa shape index (κ1) is 22.4. The van der Waals surface area contributed by atoms with Crippen LogP contribution < -0.4 is 0 Å². The molecule has 0 aromatic rings. The molecule has 0 heterocycles. The van der Waals surface area contributed by atoms with Gasteiger partial charge in [0.05, 0.1) is 12.0 Å². The summed E-state index contributed by atoms with van der Waals surface area (Å²) in [4.78, 5) is 11.3. The number of carboxylic acid groups (broad SMARTS) is 1. The lowest BCUT2D eigenvalue weighted by Crippen LogP contribution is -2.38. The zero-order chi connectivity index (χ0) is 17.7. The van der Waals surface area contributed by atoms with Gasteiger partial charge in [0.2, 0.25) is 0 Å². The summed E-state index contributed by atoms with van der Waals surface area (Å²) in [6, 6.07) is 0. The fraction of sp³-hybridized carbons (Fsp3) is 0.947. The summed E-state index contributed by atoms with van der Waals surface area (Å²) < 4.78 is 11.2. The lowest BCUT2D eigenvalue weighted by molar-refractivity contribution is -0.234. The second-order valence-electron chi connectivity index (χ2n) is 7.00. The van der Waals surface area contributed by atoms with Crippen LogP contribution in [0, 0.1) is 5.92 Å². The Balaban J connectivity index is 3.99. The standard InChI is InChI=1S/C19H38O4/c1-6-7-8-9-10-11-12-13-14-15-17(16(2)18(20)21)23-19(3,4)22-5/h16-17H,6-15H2,1-5H3,(H,20,21). The van der Waals surface area contributed by atoms with E-state index in [0.717, 1.165) is 19.3 Å². The van der Waals surface area contributed by atoms with E-state index < -0.39 is 17.7 Å². The molecule has 4 heteroatoms. The zero-order valence-electron chi connectivity index (χ0n) is 15.9. The minimum Gasteiger partial charge on any atom is -0.481 e. The van der Waals surface area contributed by atoms with Crippen molar-refractivity contribution >= 4 is 5.97 Å². The molecule has 23 heavy (non-hydrogen) atoms. The average molecular weight is 331 g/mol. The highest BCUT2D eigenvalue weighted by Gasteiger charge is 2.30. The fourth-order valence-corrected chi connectivity index (χ4v) is 2.64. The number of unbranched alkanes of at least 4 members (excludes halogenated alkanes) is 8. The lowest BCUT2D eigenvalue weighted by Gasteiger charge is -2.31. The second-order valence-corrected chi connectivity index (χ2v) is 7.00. The van der Waals surface area contributed by atoms with Gasteiger partial charge >= 0.3 is 5.97 Å². The molecule has 0 bridgehead atoms. The van der Waals surface area contributed by atoms with Gasteiger partial charge in [-0.2, -0.15) is 0 Å². The smallest absolute Gasteiger partial charge is 0.308 e. The van der Waals surface area contributed by atoms with E-state index in [2.05, 4.69) is 6.92 Å². The van der Waals surface area contributed by atoms with E-state index in [9.17, 15) is 9.90 Å². The maximum atomic E-state index is 11.3. The molecule has 138 valence electrons. The van der Waals surface area contributed by atoms with Crippen LogP contribution in [0.2, 0.25) is 0 Å². The Morgan fingerprint density at radius 2 is 1.48 bits per heavy atom. The lowest BCUT2D eigenvalue weighted by atomic mass is 9.97. The number of ether oxygens (including phenoxy) is 2. The first-order valence-electron chi connectivity index (χ1n) is 9.29. The van der Waals surface area contributed by atoms with Crippen LogP contribution in [0.4, 0.5) is 0 Å². The Morgan fingerprint density at radius 1 is 1.00 bits per heavy atom. The third-order valence-electron chi connectivity index (χ3n) is 4.47. The maximum Gasteiger partial charge on any atom is 0.308 e. The highest BCUT2D eigenvalue weighted by molar-refractivity contribution is 5.70. The van der Waals surface area contributed by atoms with Crippen LogP contribution in [-0.2, 0) is 14.3 Å². The Kier molecular flexibility index (Phi) is 12.4. The van der Waals surface area contributed by atoms with Crippen LogP contribution in [0.25, 0.3) is 0 Å². The van der Waals surface area contributed by atoms with E-state index in [1.54, 1.807) is 14.0 Å². The van der Waals surface area contributed by atoms with Crippen molar-refractivity contribution in [2.24, 2.45) is 5.92 Å². The number of hydrogen-bond donors (Lipinski definition) is 1. The minimum absolute atomic E-state index is 0.299. The molecule has 0 spiro atoms. The Labute approximate surface area is 142 Å². The first-order chi connectivity index (χ1) is 10.8. The molecule has 0 radical (unpaired) electrons. The molecule has 2 atom stereocenters. The van der Waals surface area contributed by atoms with Crippen molar-refractivity contribution in [1.82, 2.24) is 0 Å². The molecule has 4 nitrogen and oxygen atoms in total. The highest BCUT2D eigenvalue weighted by atomic mass is 16.7. The van der Waals surface area contributed by atoms with Crippen molar-refractivity contribution in [2.75, 3.05) is 7.11 Å². The van der Waals surface area contributed by atoms with Crippen LogP contribution in [-0.4, -0.2) is 30.1 Å². The number of hydrogen-bond acceptors (Lipinski definition) is 3. The predicted octanol–water partition coefficient (Wildman–Crippen LogP) is 5.40. The second kappa shape index (κ2) is 12.8. The van der Waals surface area contributed by atoms with E-state index in [-0.39, 0.29) is 6.10 Å². The monoisotopic (exact) mass is 330 g/mol. The summed E-state index contributed by atoms with van der Waals surface area (Å²) in [6.07, 6.45) is 11.8. The first-order valence-corrected chi connectivity index (χ1v) is 9.29. The normalized spacial score (nSPS) is 14.7. The van der Waals surface area contributed by atoms with Crippen molar-refractivity contribution in [1.29, 1.82) is 0 Å². The molecule has 0 saturated carbocycles. The van der Waals surface area contributed by atoms with Gasteiger partial charge in [-0.3, -0.25) is 4.79 Å². The molecule has 2 unspecified atom stereocenters. The number of carbonyl (C=O) groups is 1. The molecule has 0 fully saturated rings. The summed E-state index contributed by atoms with van der Waals surface area (Å²) in [5.74, 6) is -2.07. The molecule has 0 aromatic carbocycles. The molecule has 0 rings (SSSR count). The average Bonchev–Trinajstić information content (AvgIpc) is 2.51. The van der Waals surface area contributed by atoms with Gasteiger partial charge in [0.1, 0.15) is 0 Å². The molecule has 0 aliphatic rings. The van der Waals surface area contributed by atoms with Gasteiger partial charge in [0, 0.05) is 7.11 Å². The fourth-order valence-electron chi connectivity index (χ4n) is 2.64. The SMILES string of the molecule is CCCCCCCCCCCC(OC(C)(C)OC)C(C)C(=O)O. The molecule has 0 aliphatic carbocycles. The van der Waals surface area contributed by atoms with Gasteiger partial charge in [-0.1, -0.05) is 64.7 Å². The van der Waals surface area contributed by atoms with E-state index >= 15 is 0 Å². The van der Waals surface area contributed by atoms with Crippen LogP contribution in [0.5, 0.6) is 0 Å². The predicted molar refractivity (Wildman–Crippen MR) is 94.6 cm³/mol. The van der Waals surface area contributed by atoms with Gasteiger partial charge in [0.25, 0.3) is 0 Å². The topological polar surface area (TPSA) is 55.8 Å². The van der Waals surface area contributed by atoms with Gasteiger partial charge < -0.3 is 14.6 Å². The van der Waals surface area contributed by atoms with Gasteiger partial charge in [-0.05, 0) is 27.2 Å². The van der Waals surface area contributed by atoms with Gasteiger partial charge in [-0.15, -0.1) is 0 Å². The van der Waals surface area contributed by atoms with Crippen molar-refractivity contribution in [2.45, 2.75) is 104 Å². The Bertz CT molecular complexity index is 302. The third kappa shape index (κ3) is 11.5. The largest absolute Gasteiger partial charge is 0.481 e. The van der Waals surface area contributed by atoms with E-state index in [1.165, 1.54) is 44.9 Å². The summed E-state index contributed by atoms with van der Waals surface area (Å²) in [5.41, 5.74) is 0. The number of carboxylic acids is 1. The van der Waals surface area contributed by atoms with Crippen LogP contribution in [0.3, 0.4) is 0 Å². The quantitative estimate of drug-likeness (QED) is 0.323. The molecule has 0 amide bonds. The third-order valence-corrected chi connectivity index (χ3v) is 4.47. The molecule has 0 saturated heterocycles. The van der Waals surface area contributed by atoms with Crippen molar-refractivity contribution < 1.29 is 19.4 Å². The van der Waals surface area contributed by atoms with Crippen LogP contribution in [0.15, 0.2) is 0 Å².